The highest BCUT2D eigenvalue weighted by atomic mass is 16.5. The summed E-state index contributed by atoms with van der Waals surface area (Å²) in [6.45, 7) is 20.6. The van der Waals surface area contributed by atoms with Crippen molar-refractivity contribution in [3.63, 3.8) is 0 Å². The fourth-order valence-corrected chi connectivity index (χ4v) is 9.89. The Morgan fingerprint density at radius 2 is 1.55 bits per heavy atom. The molecule has 4 nitrogen and oxygen atoms in total. The van der Waals surface area contributed by atoms with Crippen molar-refractivity contribution in [2.24, 2.45) is 38.4 Å². The van der Waals surface area contributed by atoms with Crippen LogP contribution in [0.1, 0.15) is 114 Å². The van der Waals surface area contributed by atoms with Crippen LogP contribution in [0.2, 0.25) is 0 Å². The van der Waals surface area contributed by atoms with Crippen molar-refractivity contribution in [3.8, 4) is 0 Å². The summed E-state index contributed by atoms with van der Waals surface area (Å²) in [7, 11) is 0. The van der Waals surface area contributed by atoms with Gasteiger partial charge in [0, 0.05) is 30.1 Å². The van der Waals surface area contributed by atoms with Gasteiger partial charge in [-0.25, -0.2) is 0 Å². The Balaban J connectivity index is 1.55. The fourth-order valence-electron chi connectivity index (χ4n) is 9.89. The summed E-state index contributed by atoms with van der Waals surface area (Å²) in [6, 6.07) is 0. The lowest BCUT2D eigenvalue weighted by Crippen LogP contribution is -2.60. The number of hydrogen-bond acceptors (Lipinski definition) is 4. The van der Waals surface area contributed by atoms with Crippen molar-refractivity contribution in [2.45, 2.75) is 120 Å². The van der Waals surface area contributed by atoms with E-state index in [9.17, 15) is 9.59 Å². The third kappa shape index (κ3) is 3.82. The lowest BCUT2D eigenvalue weighted by atomic mass is 9.36. The van der Waals surface area contributed by atoms with Gasteiger partial charge in [-0.2, -0.15) is 0 Å². The smallest absolute Gasteiger partial charge is 0.302 e. The van der Waals surface area contributed by atoms with Crippen LogP contribution in [0.15, 0.2) is 34.9 Å². The topological polar surface area (TPSA) is 52.6 Å². The van der Waals surface area contributed by atoms with Crippen LogP contribution in [0.3, 0.4) is 0 Å². The van der Waals surface area contributed by atoms with E-state index in [0.717, 1.165) is 32.1 Å². The minimum absolute atomic E-state index is 0.0221. The summed E-state index contributed by atoms with van der Waals surface area (Å²) in [5, 5.41) is 0. The first-order valence-electron chi connectivity index (χ1n) is 15.0. The second-order valence-electron chi connectivity index (χ2n) is 15.4. The Morgan fingerprint density at radius 1 is 0.868 bits per heavy atom. The Labute approximate surface area is 230 Å². The second kappa shape index (κ2) is 8.58. The van der Waals surface area contributed by atoms with Crippen LogP contribution in [0.25, 0.3) is 0 Å². The van der Waals surface area contributed by atoms with E-state index in [0.29, 0.717) is 17.9 Å². The van der Waals surface area contributed by atoms with Crippen LogP contribution in [-0.4, -0.2) is 24.6 Å². The van der Waals surface area contributed by atoms with E-state index >= 15 is 0 Å². The largest absolute Gasteiger partial charge is 0.465 e. The van der Waals surface area contributed by atoms with E-state index in [1.807, 2.05) is 0 Å². The van der Waals surface area contributed by atoms with Crippen molar-refractivity contribution in [1.29, 1.82) is 0 Å². The number of ether oxygens (including phenoxy) is 2. The summed E-state index contributed by atoms with van der Waals surface area (Å²) in [4.78, 5) is 23.5. The number of carbonyl (C=O) groups excluding carboxylic acids is 2. The van der Waals surface area contributed by atoms with Gasteiger partial charge < -0.3 is 9.47 Å². The highest BCUT2D eigenvalue weighted by Gasteiger charge is 2.65. The Morgan fingerprint density at radius 3 is 2.21 bits per heavy atom. The Bertz CT molecular complexity index is 1140. The lowest BCUT2D eigenvalue weighted by Gasteiger charge is -2.68. The van der Waals surface area contributed by atoms with E-state index in [1.54, 1.807) is 5.57 Å². The fraction of sp³-hybridized carbons (Fsp3) is 0.765. The molecule has 7 unspecified atom stereocenters. The van der Waals surface area contributed by atoms with Gasteiger partial charge in [-0.1, -0.05) is 72.3 Å². The van der Waals surface area contributed by atoms with E-state index in [2.05, 4.69) is 66.7 Å². The molecule has 0 bridgehead atoms. The molecule has 0 radical (unpaired) electrons. The molecule has 0 amide bonds. The molecule has 0 aliphatic heterocycles. The summed E-state index contributed by atoms with van der Waals surface area (Å²) in [5.41, 5.74) is 4.90. The van der Waals surface area contributed by atoms with Crippen molar-refractivity contribution in [3.05, 3.63) is 34.9 Å². The maximum atomic E-state index is 11.9. The molecule has 5 aliphatic carbocycles. The number of rotatable bonds is 3. The molecule has 7 atom stereocenters. The molecule has 38 heavy (non-hydrogen) atoms. The van der Waals surface area contributed by atoms with Gasteiger partial charge in [0.1, 0.15) is 6.10 Å². The second-order valence-corrected chi connectivity index (χ2v) is 15.4. The van der Waals surface area contributed by atoms with Crippen molar-refractivity contribution < 1.29 is 19.1 Å². The number of esters is 2. The van der Waals surface area contributed by atoms with Gasteiger partial charge in [0.05, 0.1) is 6.61 Å². The van der Waals surface area contributed by atoms with E-state index in [-0.39, 0.29) is 45.1 Å². The molecule has 210 valence electrons. The molecule has 0 saturated heterocycles. The summed E-state index contributed by atoms with van der Waals surface area (Å²) < 4.78 is 11.4. The molecular formula is C34H50O4. The normalized spacial score (nSPS) is 45.1. The van der Waals surface area contributed by atoms with Crippen LogP contribution in [-0.2, 0) is 19.1 Å². The maximum absolute atomic E-state index is 11.9. The van der Waals surface area contributed by atoms with E-state index in [1.165, 1.54) is 44.3 Å². The third-order valence-corrected chi connectivity index (χ3v) is 12.6. The van der Waals surface area contributed by atoms with Gasteiger partial charge in [0.15, 0.2) is 0 Å². The third-order valence-electron chi connectivity index (χ3n) is 12.6. The monoisotopic (exact) mass is 522 g/mol. The molecule has 5 rings (SSSR count). The zero-order chi connectivity index (χ0) is 27.9. The SMILES string of the molecule is CC(=O)OCC1(C)CCC2(C)CCC3(C)C4=CC=C5C(C)(CCC(OC(C)=O)C5(C)C)C4=CCC3(C)C2C1. The first-order chi connectivity index (χ1) is 17.5. The molecule has 0 N–H and O–H groups in total. The van der Waals surface area contributed by atoms with Gasteiger partial charge in [-0.15, -0.1) is 0 Å². The van der Waals surface area contributed by atoms with Gasteiger partial charge in [-0.05, 0) is 84.7 Å². The Kier molecular flexibility index (Phi) is 6.26. The number of hydrogen-bond donors (Lipinski definition) is 0. The lowest BCUT2D eigenvalue weighted by molar-refractivity contribution is -0.161. The van der Waals surface area contributed by atoms with Gasteiger partial charge in [-0.3, -0.25) is 9.59 Å². The molecule has 0 spiro atoms. The highest BCUT2D eigenvalue weighted by molar-refractivity contribution is 5.67. The molecule has 0 aromatic heterocycles. The van der Waals surface area contributed by atoms with Crippen molar-refractivity contribution in [1.82, 2.24) is 0 Å². The minimum Gasteiger partial charge on any atom is -0.465 e. The summed E-state index contributed by atoms with van der Waals surface area (Å²) in [6.07, 6.45) is 16.3. The van der Waals surface area contributed by atoms with Gasteiger partial charge >= 0.3 is 11.9 Å². The first-order valence-corrected chi connectivity index (χ1v) is 15.0. The molecule has 3 saturated carbocycles. The predicted octanol–water partition coefficient (Wildman–Crippen LogP) is 8.12. The highest BCUT2D eigenvalue weighted by Crippen LogP contribution is 2.74. The zero-order valence-corrected chi connectivity index (χ0v) is 25.4. The van der Waals surface area contributed by atoms with E-state index < -0.39 is 0 Å². The molecular weight excluding hydrogens is 472 g/mol. The zero-order valence-electron chi connectivity index (χ0n) is 25.4. The summed E-state index contributed by atoms with van der Waals surface area (Å²) >= 11 is 0. The quantitative estimate of drug-likeness (QED) is 0.351. The average Bonchev–Trinajstić information content (AvgIpc) is 2.82. The van der Waals surface area contributed by atoms with Crippen LogP contribution in [0.5, 0.6) is 0 Å². The average molecular weight is 523 g/mol. The Hall–Kier alpha value is -1.84. The van der Waals surface area contributed by atoms with Crippen LogP contribution < -0.4 is 0 Å². The van der Waals surface area contributed by atoms with Gasteiger partial charge in [0.2, 0.25) is 0 Å². The molecule has 4 heteroatoms. The van der Waals surface area contributed by atoms with Crippen LogP contribution in [0.4, 0.5) is 0 Å². The number of carbonyl (C=O) groups is 2. The first kappa shape index (κ1) is 27.7. The predicted molar refractivity (Wildman–Crippen MR) is 151 cm³/mol. The number of allylic oxidation sites excluding steroid dienone is 5. The maximum Gasteiger partial charge on any atom is 0.302 e. The van der Waals surface area contributed by atoms with E-state index in [4.69, 9.17) is 9.47 Å². The molecule has 0 aromatic carbocycles. The van der Waals surface area contributed by atoms with Crippen molar-refractivity contribution in [2.75, 3.05) is 6.61 Å². The van der Waals surface area contributed by atoms with Crippen LogP contribution in [0, 0.1) is 38.4 Å². The molecule has 3 fully saturated rings. The summed E-state index contributed by atoms with van der Waals surface area (Å²) in [5.74, 6) is 0.230. The minimum atomic E-state index is -0.198. The standard InChI is InChI=1S/C34H50O4/c1-22(35)37-21-30(5)16-17-31(6)18-19-33(8)25-10-11-26-29(3,4)28(38-23(2)36)13-14-32(26,7)24(25)12-15-34(33,9)27(31)20-30/h10-12,27-28H,13-21H2,1-9H3. The molecule has 0 heterocycles. The number of fused-ring (bicyclic) bond motifs is 7. The molecule has 0 aromatic rings. The molecule has 5 aliphatic rings. The van der Waals surface area contributed by atoms with Crippen LogP contribution >= 0.6 is 0 Å². The van der Waals surface area contributed by atoms with Crippen molar-refractivity contribution >= 4 is 11.9 Å². The van der Waals surface area contributed by atoms with Gasteiger partial charge in [0.25, 0.3) is 0 Å².